The number of rotatable bonds is 2. The van der Waals surface area contributed by atoms with E-state index in [1.165, 1.54) is 4.90 Å². The lowest BCUT2D eigenvalue weighted by molar-refractivity contribution is -0.154. The Morgan fingerprint density at radius 2 is 2.06 bits per heavy atom. The number of carbonyl (C=O) groups is 2. The number of carbonyl (C=O) groups excluding carboxylic acids is 1. The number of hydrogen-bond acceptors (Lipinski definition) is 4. The van der Waals surface area contributed by atoms with Crippen molar-refractivity contribution in [3.8, 4) is 0 Å². The smallest absolute Gasteiger partial charge is 0.407 e. The molecule has 98 valence electrons. The van der Waals surface area contributed by atoms with Crippen LogP contribution in [-0.2, 0) is 9.53 Å². The molecule has 1 amide bonds. The van der Waals surface area contributed by atoms with Gasteiger partial charge in [-0.05, 0) is 27.2 Å². The number of nitrogens with two attached hydrogens (primary N) is 1. The fraction of sp³-hybridized carbons (Fsp3) is 0.818. The standard InChI is InChI=1S/C11H20N2O4/c1-11(2,3)9(14)17-6-8-4-7(12)5-13(8)10(15)16/h7-8H,4-6,12H2,1-3H3,(H,15,16)/t7-,8-/m1/s1. The molecule has 0 aromatic rings. The summed E-state index contributed by atoms with van der Waals surface area (Å²) < 4.78 is 5.12. The number of nitrogens with zero attached hydrogens (tertiary/aromatic N) is 1. The fourth-order valence-corrected chi connectivity index (χ4v) is 1.73. The first-order valence-corrected chi connectivity index (χ1v) is 5.64. The van der Waals surface area contributed by atoms with Crippen molar-refractivity contribution in [3.05, 3.63) is 0 Å². The van der Waals surface area contributed by atoms with Gasteiger partial charge in [0.1, 0.15) is 6.61 Å². The summed E-state index contributed by atoms with van der Waals surface area (Å²) in [7, 11) is 0. The summed E-state index contributed by atoms with van der Waals surface area (Å²) in [6.07, 6.45) is -0.487. The Kier molecular flexibility index (Phi) is 3.98. The van der Waals surface area contributed by atoms with Gasteiger partial charge >= 0.3 is 12.1 Å². The van der Waals surface area contributed by atoms with Gasteiger partial charge in [0.15, 0.2) is 0 Å². The van der Waals surface area contributed by atoms with Crippen molar-refractivity contribution in [3.63, 3.8) is 0 Å². The average molecular weight is 244 g/mol. The number of carboxylic acid groups (broad SMARTS) is 1. The van der Waals surface area contributed by atoms with Gasteiger partial charge in [0.2, 0.25) is 0 Å². The average Bonchev–Trinajstić information content (AvgIpc) is 2.54. The Morgan fingerprint density at radius 1 is 1.47 bits per heavy atom. The van der Waals surface area contributed by atoms with Crippen molar-refractivity contribution in [1.82, 2.24) is 4.90 Å². The highest BCUT2D eigenvalue weighted by molar-refractivity contribution is 5.75. The molecule has 1 rings (SSSR count). The van der Waals surface area contributed by atoms with E-state index in [0.29, 0.717) is 13.0 Å². The summed E-state index contributed by atoms with van der Waals surface area (Å²) in [4.78, 5) is 23.7. The molecule has 1 aliphatic heterocycles. The summed E-state index contributed by atoms with van der Waals surface area (Å²) >= 11 is 0. The van der Waals surface area contributed by atoms with Crippen LogP contribution in [0.1, 0.15) is 27.2 Å². The Morgan fingerprint density at radius 3 is 2.53 bits per heavy atom. The maximum Gasteiger partial charge on any atom is 0.407 e. The van der Waals surface area contributed by atoms with Crippen molar-refractivity contribution < 1.29 is 19.4 Å². The van der Waals surface area contributed by atoms with E-state index in [2.05, 4.69) is 0 Å². The molecule has 1 aliphatic rings. The highest BCUT2D eigenvalue weighted by atomic mass is 16.5. The Hall–Kier alpha value is -1.30. The van der Waals surface area contributed by atoms with Crippen molar-refractivity contribution in [2.45, 2.75) is 39.3 Å². The molecule has 0 saturated carbocycles. The van der Waals surface area contributed by atoms with Crippen LogP contribution in [-0.4, -0.2) is 47.3 Å². The summed E-state index contributed by atoms with van der Waals surface area (Å²) in [5.41, 5.74) is 5.13. The molecule has 0 aromatic carbocycles. The van der Waals surface area contributed by atoms with Crippen LogP contribution in [0.5, 0.6) is 0 Å². The van der Waals surface area contributed by atoms with E-state index >= 15 is 0 Å². The van der Waals surface area contributed by atoms with Crippen molar-refractivity contribution in [1.29, 1.82) is 0 Å². The predicted molar refractivity (Wildman–Crippen MR) is 61.5 cm³/mol. The molecule has 0 aliphatic carbocycles. The Labute approximate surface area is 101 Å². The molecule has 6 heteroatoms. The minimum absolute atomic E-state index is 0.0795. The first-order chi connectivity index (χ1) is 7.71. The van der Waals surface area contributed by atoms with Crippen LogP contribution in [0.15, 0.2) is 0 Å². The van der Waals surface area contributed by atoms with Crippen LogP contribution in [0, 0.1) is 5.41 Å². The molecule has 0 unspecified atom stereocenters. The molecule has 3 N–H and O–H groups in total. The van der Waals surface area contributed by atoms with E-state index < -0.39 is 11.5 Å². The van der Waals surface area contributed by atoms with Crippen molar-refractivity contribution in [2.24, 2.45) is 11.1 Å². The fourth-order valence-electron chi connectivity index (χ4n) is 1.73. The topological polar surface area (TPSA) is 92.9 Å². The molecule has 1 heterocycles. The van der Waals surface area contributed by atoms with Gasteiger partial charge in [-0.15, -0.1) is 0 Å². The largest absolute Gasteiger partial charge is 0.465 e. The summed E-state index contributed by atoms with van der Waals surface area (Å²) in [6.45, 7) is 5.64. The van der Waals surface area contributed by atoms with Crippen molar-refractivity contribution >= 4 is 12.1 Å². The minimum Gasteiger partial charge on any atom is -0.465 e. The molecule has 0 spiro atoms. The van der Waals surface area contributed by atoms with E-state index in [0.717, 1.165) is 0 Å². The lowest BCUT2D eigenvalue weighted by Gasteiger charge is -2.23. The number of ether oxygens (including phenoxy) is 1. The van der Waals surface area contributed by atoms with Gasteiger partial charge in [-0.3, -0.25) is 4.79 Å². The molecular weight excluding hydrogens is 224 g/mol. The third-order valence-electron chi connectivity index (χ3n) is 2.71. The lowest BCUT2D eigenvalue weighted by Crippen LogP contribution is -2.39. The van der Waals surface area contributed by atoms with Gasteiger partial charge in [-0.2, -0.15) is 0 Å². The van der Waals surface area contributed by atoms with E-state index in [1.807, 2.05) is 0 Å². The SMILES string of the molecule is CC(C)(C)C(=O)OC[C@H]1C[C@@H](N)CN1C(=O)O. The normalized spacial score (nSPS) is 24.8. The number of esters is 1. The van der Waals surface area contributed by atoms with Gasteiger partial charge in [0, 0.05) is 12.6 Å². The van der Waals surface area contributed by atoms with E-state index in [9.17, 15) is 9.59 Å². The number of hydrogen-bond donors (Lipinski definition) is 2. The molecule has 17 heavy (non-hydrogen) atoms. The lowest BCUT2D eigenvalue weighted by atomic mass is 9.97. The Balaban J connectivity index is 2.51. The summed E-state index contributed by atoms with van der Waals surface area (Å²) in [6, 6.07) is -0.502. The molecule has 0 aromatic heterocycles. The highest BCUT2D eigenvalue weighted by Gasteiger charge is 2.35. The highest BCUT2D eigenvalue weighted by Crippen LogP contribution is 2.20. The van der Waals surface area contributed by atoms with Crippen LogP contribution in [0.2, 0.25) is 0 Å². The number of likely N-dealkylation sites (tertiary alicyclic amines) is 1. The van der Waals surface area contributed by atoms with Crippen LogP contribution in [0.25, 0.3) is 0 Å². The zero-order valence-corrected chi connectivity index (χ0v) is 10.5. The maximum atomic E-state index is 11.6. The molecule has 0 radical (unpaired) electrons. The van der Waals surface area contributed by atoms with Gasteiger partial charge in [0.25, 0.3) is 0 Å². The summed E-state index contributed by atoms with van der Waals surface area (Å²) in [5, 5.41) is 8.96. The van der Waals surface area contributed by atoms with Crippen LogP contribution >= 0.6 is 0 Å². The van der Waals surface area contributed by atoms with Gasteiger partial charge in [-0.25, -0.2) is 4.79 Å². The van der Waals surface area contributed by atoms with Gasteiger partial charge in [-0.1, -0.05) is 0 Å². The number of amides is 1. The second-order valence-corrected chi connectivity index (χ2v) is 5.43. The maximum absolute atomic E-state index is 11.6. The van der Waals surface area contributed by atoms with Crippen LogP contribution < -0.4 is 5.73 Å². The monoisotopic (exact) mass is 244 g/mol. The third kappa shape index (κ3) is 3.59. The summed E-state index contributed by atoms with van der Waals surface area (Å²) in [5.74, 6) is -0.330. The molecular formula is C11H20N2O4. The zero-order valence-electron chi connectivity index (χ0n) is 10.5. The van der Waals surface area contributed by atoms with E-state index in [4.69, 9.17) is 15.6 Å². The van der Waals surface area contributed by atoms with Crippen LogP contribution in [0.4, 0.5) is 4.79 Å². The Bertz CT molecular complexity index is 311. The predicted octanol–water partition coefficient (Wildman–Crippen LogP) is 0.655. The third-order valence-corrected chi connectivity index (χ3v) is 2.71. The van der Waals surface area contributed by atoms with Crippen LogP contribution in [0.3, 0.4) is 0 Å². The molecule has 2 atom stereocenters. The van der Waals surface area contributed by atoms with E-state index in [-0.39, 0.29) is 24.7 Å². The molecule has 0 bridgehead atoms. The molecule has 1 saturated heterocycles. The van der Waals surface area contributed by atoms with E-state index in [1.54, 1.807) is 20.8 Å². The second kappa shape index (κ2) is 4.91. The zero-order chi connectivity index (χ0) is 13.2. The second-order valence-electron chi connectivity index (χ2n) is 5.43. The molecule has 1 fully saturated rings. The molecule has 6 nitrogen and oxygen atoms in total. The van der Waals surface area contributed by atoms with Gasteiger partial charge in [0.05, 0.1) is 11.5 Å². The van der Waals surface area contributed by atoms with Gasteiger partial charge < -0.3 is 20.5 Å². The van der Waals surface area contributed by atoms with Crippen molar-refractivity contribution in [2.75, 3.05) is 13.2 Å². The first-order valence-electron chi connectivity index (χ1n) is 5.64. The quantitative estimate of drug-likeness (QED) is 0.696. The minimum atomic E-state index is -1.02. The first kappa shape index (κ1) is 13.8.